The molecule has 0 atom stereocenters. The van der Waals surface area contributed by atoms with E-state index in [1.807, 2.05) is 30.3 Å². The number of methoxy groups -OCH3 is 2. The van der Waals surface area contributed by atoms with Gasteiger partial charge in [-0.25, -0.2) is 9.59 Å². The Morgan fingerprint density at radius 3 is 2.62 bits per heavy atom. The third-order valence-electron chi connectivity index (χ3n) is 4.98. The Hall–Kier alpha value is -3.79. The molecule has 0 spiro atoms. The van der Waals surface area contributed by atoms with Crippen LogP contribution in [0.25, 0.3) is 0 Å². The van der Waals surface area contributed by atoms with Crippen molar-refractivity contribution in [2.24, 2.45) is 0 Å². The molecule has 0 bridgehead atoms. The largest absolute Gasteiger partial charge is 0.467 e. The number of nitrogen functional groups attached to an aromatic ring is 1. The molecule has 3 N–H and O–H groups in total. The Morgan fingerprint density at radius 1 is 1.19 bits per heavy atom. The van der Waals surface area contributed by atoms with Gasteiger partial charge < -0.3 is 24.5 Å². The fourth-order valence-electron chi connectivity index (χ4n) is 3.40. The normalized spacial score (nSPS) is 10.8. The maximum Gasteiger partial charge on any atom is 0.341 e. The fourth-order valence-corrected chi connectivity index (χ4v) is 3.40. The van der Waals surface area contributed by atoms with Crippen molar-refractivity contribution < 1.29 is 18.7 Å². The number of nitrogens with two attached hydrogens (primary N) is 1. The van der Waals surface area contributed by atoms with Crippen LogP contribution in [0.3, 0.4) is 0 Å². The van der Waals surface area contributed by atoms with E-state index in [2.05, 4.69) is 4.98 Å². The number of ether oxygens (including phenoxy) is 2. The van der Waals surface area contributed by atoms with Crippen LogP contribution < -0.4 is 21.9 Å². The first kappa shape index (κ1) is 22.9. The summed E-state index contributed by atoms with van der Waals surface area (Å²) in [5.41, 5.74) is 6.32. The average molecular weight is 442 g/mol. The molecule has 0 unspecified atom stereocenters. The molecule has 170 valence electrons. The highest BCUT2D eigenvalue weighted by atomic mass is 16.5. The summed E-state index contributed by atoms with van der Waals surface area (Å²) in [5.74, 6) is -0.221. The Morgan fingerprint density at radius 2 is 1.94 bits per heavy atom. The predicted octanol–water partition coefficient (Wildman–Crippen LogP) is 1.59. The van der Waals surface area contributed by atoms with E-state index in [-0.39, 0.29) is 30.2 Å². The monoisotopic (exact) mass is 442 g/mol. The predicted molar refractivity (Wildman–Crippen MR) is 119 cm³/mol. The van der Waals surface area contributed by atoms with Gasteiger partial charge in [0.2, 0.25) is 0 Å². The number of rotatable bonds is 10. The number of nitrogens with zero attached hydrogens (tertiary/aromatic N) is 2. The minimum atomic E-state index is -0.625. The highest BCUT2D eigenvalue weighted by molar-refractivity contribution is 5.90. The molecule has 0 saturated heterocycles. The molecule has 0 saturated carbocycles. The first-order chi connectivity index (χ1) is 15.5. The molecule has 10 nitrogen and oxygen atoms in total. The maximum absolute atomic E-state index is 12.8. The number of H-pyrrole nitrogens is 1. The SMILES string of the molecule is COCCCN(Cc1occc1C(=O)OC)c1c(N)n(Cc2ccccc2)c(=O)[nH]c1=O. The van der Waals surface area contributed by atoms with Crippen molar-refractivity contribution in [1.29, 1.82) is 0 Å². The minimum absolute atomic E-state index is 0.0196. The van der Waals surface area contributed by atoms with Crippen molar-refractivity contribution in [3.05, 3.63) is 80.4 Å². The smallest absolute Gasteiger partial charge is 0.341 e. The minimum Gasteiger partial charge on any atom is -0.467 e. The van der Waals surface area contributed by atoms with Gasteiger partial charge in [0.15, 0.2) is 0 Å². The third-order valence-corrected chi connectivity index (χ3v) is 4.98. The van der Waals surface area contributed by atoms with Crippen LogP contribution in [0.2, 0.25) is 0 Å². The summed E-state index contributed by atoms with van der Waals surface area (Å²) in [6, 6.07) is 10.8. The summed E-state index contributed by atoms with van der Waals surface area (Å²) >= 11 is 0. The molecule has 3 rings (SSSR count). The van der Waals surface area contributed by atoms with Crippen LogP contribution in [0.4, 0.5) is 11.5 Å². The lowest BCUT2D eigenvalue weighted by molar-refractivity contribution is 0.0598. The van der Waals surface area contributed by atoms with Gasteiger partial charge in [0.05, 0.1) is 26.5 Å². The number of nitrogens with one attached hydrogen (secondary N) is 1. The molecular weight excluding hydrogens is 416 g/mol. The Balaban J connectivity index is 2.03. The molecule has 3 aromatic rings. The molecule has 32 heavy (non-hydrogen) atoms. The van der Waals surface area contributed by atoms with Crippen LogP contribution in [0.15, 0.2) is 56.7 Å². The highest BCUT2D eigenvalue weighted by Crippen LogP contribution is 2.23. The summed E-state index contributed by atoms with van der Waals surface area (Å²) in [5, 5.41) is 0. The van der Waals surface area contributed by atoms with Crippen molar-refractivity contribution >= 4 is 17.5 Å². The van der Waals surface area contributed by atoms with E-state index in [9.17, 15) is 14.4 Å². The number of aromatic nitrogens is 2. The van der Waals surface area contributed by atoms with Crippen LogP contribution in [0.1, 0.15) is 28.1 Å². The molecule has 2 heterocycles. The van der Waals surface area contributed by atoms with Crippen LogP contribution in [0.5, 0.6) is 0 Å². The van der Waals surface area contributed by atoms with Gasteiger partial charge >= 0.3 is 11.7 Å². The lowest BCUT2D eigenvalue weighted by Crippen LogP contribution is -2.39. The fraction of sp³-hybridized carbons (Fsp3) is 0.318. The highest BCUT2D eigenvalue weighted by Gasteiger charge is 2.23. The summed E-state index contributed by atoms with van der Waals surface area (Å²) in [6.07, 6.45) is 1.94. The van der Waals surface area contributed by atoms with E-state index in [1.165, 1.54) is 24.0 Å². The van der Waals surface area contributed by atoms with E-state index < -0.39 is 17.2 Å². The lowest BCUT2D eigenvalue weighted by Gasteiger charge is -2.25. The van der Waals surface area contributed by atoms with E-state index >= 15 is 0 Å². The molecule has 0 aliphatic heterocycles. The Labute approximate surface area is 184 Å². The molecule has 0 amide bonds. The zero-order chi connectivity index (χ0) is 23.1. The second-order valence-corrected chi connectivity index (χ2v) is 7.08. The molecule has 10 heteroatoms. The van der Waals surface area contributed by atoms with Crippen molar-refractivity contribution in [1.82, 2.24) is 9.55 Å². The van der Waals surface area contributed by atoms with E-state index in [4.69, 9.17) is 19.6 Å². The van der Waals surface area contributed by atoms with Gasteiger partial charge in [-0.15, -0.1) is 0 Å². The van der Waals surface area contributed by atoms with Gasteiger partial charge in [-0.3, -0.25) is 14.3 Å². The zero-order valence-electron chi connectivity index (χ0n) is 18.0. The van der Waals surface area contributed by atoms with Crippen LogP contribution in [-0.2, 0) is 22.6 Å². The molecule has 1 aromatic carbocycles. The van der Waals surface area contributed by atoms with Gasteiger partial charge in [-0.2, -0.15) is 0 Å². The summed E-state index contributed by atoms with van der Waals surface area (Å²) in [4.78, 5) is 41.4. The number of carbonyl (C=O) groups excluding carboxylic acids is 1. The average Bonchev–Trinajstić information content (AvgIpc) is 3.25. The maximum atomic E-state index is 12.8. The standard InChI is InChI=1S/C22H26N4O6/c1-30-11-6-10-25(14-17-16(9-12-32-17)21(28)31-2)18-19(23)26(22(29)24-20(18)27)13-15-7-4-3-5-8-15/h3-5,7-9,12H,6,10-11,13-14,23H2,1-2H3,(H,24,27,29). The number of esters is 1. The van der Waals surface area contributed by atoms with Crippen molar-refractivity contribution in [2.45, 2.75) is 19.5 Å². The first-order valence-electron chi connectivity index (χ1n) is 10.0. The van der Waals surface area contributed by atoms with Crippen LogP contribution >= 0.6 is 0 Å². The molecule has 0 fully saturated rings. The number of aromatic amines is 1. The van der Waals surface area contributed by atoms with Crippen molar-refractivity contribution in [2.75, 3.05) is 38.0 Å². The molecule has 0 radical (unpaired) electrons. The Kier molecular flexibility index (Phi) is 7.50. The van der Waals surface area contributed by atoms with E-state index in [0.29, 0.717) is 25.3 Å². The zero-order valence-corrected chi connectivity index (χ0v) is 18.0. The van der Waals surface area contributed by atoms with Crippen LogP contribution in [-0.4, -0.2) is 42.9 Å². The third kappa shape index (κ3) is 5.09. The van der Waals surface area contributed by atoms with Gasteiger partial charge in [0.1, 0.15) is 22.8 Å². The number of hydrogen-bond donors (Lipinski definition) is 2. The summed E-state index contributed by atoms with van der Waals surface area (Å²) in [6.45, 7) is 1.07. The molecular formula is C22H26N4O6. The Bertz CT molecular complexity index is 1170. The quantitative estimate of drug-likeness (QED) is 0.357. The molecule has 0 aliphatic rings. The number of carbonyl (C=O) groups is 1. The second kappa shape index (κ2) is 10.5. The van der Waals surface area contributed by atoms with Gasteiger partial charge in [0.25, 0.3) is 5.56 Å². The first-order valence-corrected chi connectivity index (χ1v) is 10.0. The molecule has 2 aromatic heterocycles. The van der Waals surface area contributed by atoms with Gasteiger partial charge in [0, 0.05) is 20.3 Å². The van der Waals surface area contributed by atoms with E-state index in [1.54, 1.807) is 12.0 Å². The summed E-state index contributed by atoms with van der Waals surface area (Å²) < 4.78 is 16.7. The second-order valence-electron chi connectivity index (χ2n) is 7.08. The number of hydrogen-bond acceptors (Lipinski definition) is 8. The van der Waals surface area contributed by atoms with Crippen molar-refractivity contribution in [3.8, 4) is 0 Å². The van der Waals surface area contributed by atoms with Gasteiger partial charge in [-0.05, 0) is 18.1 Å². The van der Waals surface area contributed by atoms with Crippen molar-refractivity contribution in [3.63, 3.8) is 0 Å². The van der Waals surface area contributed by atoms with Gasteiger partial charge in [-0.1, -0.05) is 30.3 Å². The summed E-state index contributed by atoms with van der Waals surface area (Å²) in [7, 11) is 2.85. The molecule has 0 aliphatic carbocycles. The number of benzene rings is 1. The lowest BCUT2D eigenvalue weighted by atomic mass is 10.2. The van der Waals surface area contributed by atoms with E-state index in [0.717, 1.165) is 5.56 Å². The van der Waals surface area contributed by atoms with Crippen LogP contribution in [0, 0.1) is 0 Å². The number of furan rings is 1. The number of anilines is 2. The topological polar surface area (TPSA) is 133 Å².